The summed E-state index contributed by atoms with van der Waals surface area (Å²) >= 11 is 1.57. The predicted molar refractivity (Wildman–Crippen MR) is 130 cm³/mol. The summed E-state index contributed by atoms with van der Waals surface area (Å²) in [5.41, 5.74) is 2.13. The van der Waals surface area contributed by atoms with Crippen molar-refractivity contribution in [1.29, 1.82) is 0 Å². The van der Waals surface area contributed by atoms with Gasteiger partial charge in [-0.15, -0.1) is 11.3 Å². The summed E-state index contributed by atoms with van der Waals surface area (Å²) in [6.07, 6.45) is 7.89. The molecule has 0 unspecified atom stereocenters. The number of fused-ring (bicyclic) bond motifs is 1. The Labute approximate surface area is 194 Å². The molecule has 1 aliphatic rings. The van der Waals surface area contributed by atoms with Crippen molar-refractivity contribution >= 4 is 33.2 Å². The predicted octanol–water partition coefficient (Wildman–Crippen LogP) is 4.94. The van der Waals surface area contributed by atoms with E-state index in [1.165, 1.54) is 0 Å². The van der Waals surface area contributed by atoms with Crippen LogP contribution in [0.5, 0.6) is 0 Å². The van der Waals surface area contributed by atoms with Crippen molar-refractivity contribution in [2.45, 2.75) is 51.0 Å². The first-order valence-electron chi connectivity index (χ1n) is 11.5. The van der Waals surface area contributed by atoms with Crippen LogP contribution in [-0.4, -0.2) is 53.3 Å². The molecule has 2 amide bonds. The van der Waals surface area contributed by atoms with Crippen molar-refractivity contribution < 1.29 is 9.59 Å². The molecular weight excluding hydrogens is 418 g/mol. The van der Waals surface area contributed by atoms with Crippen LogP contribution in [-0.2, 0) is 17.6 Å². The van der Waals surface area contributed by atoms with E-state index < -0.39 is 0 Å². The van der Waals surface area contributed by atoms with Gasteiger partial charge in [0.15, 0.2) is 0 Å². The quantitative estimate of drug-likeness (QED) is 0.513. The molecule has 0 bridgehead atoms. The maximum absolute atomic E-state index is 13.2. The molecule has 2 aromatic heterocycles. The first kappa shape index (κ1) is 22.5. The highest BCUT2D eigenvalue weighted by molar-refractivity contribution is 7.21. The minimum Gasteiger partial charge on any atom is -0.344 e. The number of nitrogens with zero attached hydrogens (tertiary/aromatic N) is 3. The lowest BCUT2D eigenvalue weighted by Gasteiger charge is -2.36. The maximum Gasteiger partial charge on any atom is 0.263 e. The Kier molecular flexibility index (Phi) is 7.20. The highest BCUT2D eigenvalue weighted by Crippen LogP contribution is 2.35. The average molecular weight is 450 g/mol. The number of rotatable bonds is 7. The number of carbonyl (C=O) groups is 2. The zero-order valence-electron chi connectivity index (χ0n) is 18.9. The van der Waals surface area contributed by atoms with Crippen LogP contribution in [0, 0.1) is 0 Å². The molecule has 1 fully saturated rings. The normalized spacial score (nSPS) is 16.3. The molecule has 1 aliphatic heterocycles. The number of hydrogen-bond donors (Lipinski definition) is 0. The molecule has 0 saturated carbocycles. The second kappa shape index (κ2) is 10.3. The average Bonchev–Trinajstić information content (AvgIpc) is 3.18. The molecule has 0 aliphatic carbocycles. The van der Waals surface area contributed by atoms with Gasteiger partial charge < -0.3 is 9.80 Å². The lowest BCUT2D eigenvalue weighted by molar-refractivity contribution is -0.134. The highest BCUT2D eigenvalue weighted by Gasteiger charge is 2.29. The van der Waals surface area contributed by atoms with Crippen molar-refractivity contribution in [2.24, 2.45) is 0 Å². The Morgan fingerprint density at radius 2 is 1.94 bits per heavy atom. The van der Waals surface area contributed by atoms with Gasteiger partial charge in [-0.25, -0.2) is 0 Å². The van der Waals surface area contributed by atoms with E-state index in [0.29, 0.717) is 6.42 Å². The molecule has 0 spiro atoms. The molecule has 168 valence electrons. The Hall–Kier alpha value is -2.73. The Morgan fingerprint density at radius 1 is 1.12 bits per heavy atom. The minimum atomic E-state index is 0.0465. The molecule has 1 atom stereocenters. The van der Waals surface area contributed by atoms with Gasteiger partial charge in [0.2, 0.25) is 5.91 Å². The summed E-state index contributed by atoms with van der Waals surface area (Å²) < 4.78 is 1.14. The molecule has 5 nitrogen and oxygen atoms in total. The molecule has 4 rings (SSSR count). The van der Waals surface area contributed by atoms with Gasteiger partial charge >= 0.3 is 0 Å². The first-order valence-corrected chi connectivity index (χ1v) is 12.3. The fourth-order valence-electron chi connectivity index (χ4n) is 4.56. The topological polar surface area (TPSA) is 53.5 Å². The third kappa shape index (κ3) is 5.01. The number of aryl methyl sites for hydroxylation is 1. The monoisotopic (exact) mass is 449 g/mol. The van der Waals surface area contributed by atoms with Gasteiger partial charge in [-0.3, -0.25) is 14.6 Å². The van der Waals surface area contributed by atoms with E-state index in [4.69, 9.17) is 0 Å². The smallest absolute Gasteiger partial charge is 0.263 e. The molecule has 1 saturated heterocycles. The number of thiophene rings is 1. The number of carbonyl (C=O) groups excluding carboxylic acids is 2. The van der Waals surface area contributed by atoms with Crippen LogP contribution in [0.25, 0.3) is 10.1 Å². The first-order chi connectivity index (χ1) is 15.5. The SMILES string of the molecule is CN(C)C(=O)c1sc2ccccc2c1C[C@H]1CCCCN1C(=O)CCCc1ccccn1. The Bertz CT molecular complexity index is 1080. The van der Waals surface area contributed by atoms with Crippen LogP contribution in [0.2, 0.25) is 0 Å². The number of aromatic nitrogens is 1. The number of pyridine rings is 1. The molecule has 3 heterocycles. The second-order valence-electron chi connectivity index (χ2n) is 8.72. The van der Waals surface area contributed by atoms with Crippen LogP contribution in [0.15, 0.2) is 48.7 Å². The van der Waals surface area contributed by atoms with Gasteiger partial charge in [-0.05, 0) is 67.7 Å². The number of amides is 2. The zero-order valence-corrected chi connectivity index (χ0v) is 19.7. The van der Waals surface area contributed by atoms with Crippen molar-refractivity contribution in [3.05, 3.63) is 64.8 Å². The molecule has 32 heavy (non-hydrogen) atoms. The Morgan fingerprint density at radius 3 is 2.72 bits per heavy atom. The fourth-order valence-corrected chi connectivity index (χ4v) is 5.82. The lowest BCUT2D eigenvalue weighted by Crippen LogP contribution is -2.45. The zero-order chi connectivity index (χ0) is 22.5. The van der Waals surface area contributed by atoms with Gasteiger partial charge in [0.25, 0.3) is 5.91 Å². The lowest BCUT2D eigenvalue weighted by atomic mass is 9.93. The molecule has 1 aromatic carbocycles. The van der Waals surface area contributed by atoms with Gasteiger partial charge in [0, 0.05) is 49.7 Å². The van der Waals surface area contributed by atoms with E-state index in [-0.39, 0.29) is 17.9 Å². The Balaban J connectivity index is 1.51. The number of benzene rings is 1. The van der Waals surface area contributed by atoms with E-state index in [1.807, 2.05) is 30.3 Å². The maximum atomic E-state index is 13.2. The molecule has 0 N–H and O–H groups in total. The van der Waals surface area contributed by atoms with Crippen molar-refractivity contribution in [2.75, 3.05) is 20.6 Å². The largest absolute Gasteiger partial charge is 0.344 e. The van der Waals surface area contributed by atoms with E-state index in [9.17, 15) is 9.59 Å². The molecule has 3 aromatic rings. The fraction of sp³-hybridized carbons (Fsp3) is 0.423. The third-order valence-corrected chi connectivity index (χ3v) is 7.44. The summed E-state index contributed by atoms with van der Waals surface area (Å²) in [6, 6.07) is 14.3. The van der Waals surface area contributed by atoms with Crippen LogP contribution >= 0.6 is 11.3 Å². The van der Waals surface area contributed by atoms with Crippen LogP contribution in [0.4, 0.5) is 0 Å². The van der Waals surface area contributed by atoms with E-state index >= 15 is 0 Å². The summed E-state index contributed by atoms with van der Waals surface area (Å²) in [4.78, 5) is 35.0. The van der Waals surface area contributed by atoms with E-state index in [0.717, 1.165) is 71.3 Å². The second-order valence-corrected chi connectivity index (χ2v) is 9.77. The van der Waals surface area contributed by atoms with Crippen LogP contribution in [0.1, 0.15) is 53.0 Å². The summed E-state index contributed by atoms with van der Waals surface area (Å²) in [7, 11) is 3.60. The summed E-state index contributed by atoms with van der Waals surface area (Å²) in [5, 5.41) is 1.15. The number of hydrogen-bond acceptors (Lipinski definition) is 4. The van der Waals surface area contributed by atoms with Gasteiger partial charge in [0.05, 0.1) is 4.88 Å². The molecular formula is C26H31N3O2S. The number of piperidine rings is 1. The van der Waals surface area contributed by atoms with Crippen molar-refractivity contribution in [3.8, 4) is 0 Å². The van der Waals surface area contributed by atoms with Gasteiger partial charge in [-0.1, -0.05) is 24.3 Å². The molecule has 0 radical (unpaired) electrons. The third-order valence-electron chi connectivity index (χ3n) is 6.24. The standard InChI is InChI=1S/C26H31N3O2S/c1-28(2)26(31)25-22(21-13-3-4-14-23(21)32-25)18-20-12-6-8-17-29(20)24(30)15-9-11-19-10-5-7-16-27-19/h3-5,7,10,13-14,16,20H,6,8-9,11-12,15,17-18H2,1-2H3/t20-/m1/s1. The van der Waals surface area contributed by atoms with Crippen molar-refractivity contribution in [1.82, 2.24) is 14.8 Å². The summed E-state index contributed by atoms with van der Waals surface area (Å²) in [6.45, 7) is 0.812. The number of likely N-dealkylation sites (tertiary alicyclic amines) is 1. The van der Waals surface area contributed by atoms with Crippen LogP contribution in [0.3, 0.4) is 0 Å². The van der Waals surface area contributed by atoms with E-state index in [2.05, 4.69) is 22.0 Å². The van der Waals surface area contributed by atoms with Crippen molar-refractivity contribution in [3.63, 3.8) is 0 Å². The van der Waals surface area contributed by atoms with Gasteiger partial charge in [0.1, 0.15) is 0 Å². The van der Waals surface area contributed by atoms with Crippen LogP contribution < -0.4 is 0 Å². The molecule has 6 heteroatoms. The summed E-state index contributed by atoms with van der Waals surface area (Å²) in [5.74, 6) is 0.274. The van der Waals surface area contributed by atoms with Gasteiger partial charge in [-0.2, -0.15) is 0 Å². The highest BCUT2D eigenvalue weighted by atomic mass is 32.1. The van der Waals surface area contributed by atoms with E-state index in [1.54, 1.807) is 36.5 Å². The minimum absolute atomic E-state index is 0.0465.